The SMILES string of the molecule is C#CCCCNCC1CC(C)=CC(C)C1. The first-order valence-corrected chi connectivity index (χ1v) is 6.04. The first-order chi connectivity index (χ1) is 7.22. The van der Waals surface area contributed by atoms with Crippen LogP contribution in [0.25, 0.3) is 0 Å². The Morgan fingerprint density at radius 3 is 3.07 bits per heavy atom. The lowest BCUT2D eigenvalue weighted by Crippen LogP contribution is -2.26. The average molecular weight is 205 g/mol. The smallest absolute Gasteiger partial charge is 0.00981 e. The minimum atomic E-state index is 0.760. The van der Waals surface area contributed by atoms with Gasteiger partial charge in [-0.1, -0.05) is 18.6 Å². The van der Waals surface area contributed by atoms with E-state index < -0.39 is 0 Å². The highest BCUT2D eigenvalue weighted by molar-refractivity contribution is 5.06. The molecule has 0 aliphatic heterocycles. The van der Waals surface area contributed by atoms with Gasteiger partial charge in [-0.15, -0.1) is 12.3 Å². The van der Waals surface area contributed by atoms with E-state index in [0.717, 1.165) is 37.8 Å². The largest absolute Gasteiger partial charge is 0.316 e. The van der Waals surface area contributed by atoms with Gasteiger partial charge < -0.3 is 5.32 Å². The number of hydrogen-bond acceptors (Lipinski definition) is 1. The molecular weight excluding hydrogens is 182 g/mol. The fraction of sp³-hybridized carbons (Fsp3) is 0.714. The van der Waals surface area contributed by atoms with Crippen molar-refractivity contribution in [3.63, 3.8) is 0 Å². The molecule has 1 heteroatoms. The van der Waals surface area contributed by atoms with E-state index in [9.17, 15) is 0 Å². The molecule has 0 aromatic rings. The summed E-state index contributed by atoms with van der Waals surface area (Å²) >= 11 is 0. The van der Waals surface area contributed by atoms with Crippen LogP contribution >= 0.6 is 0 Å². The number of terminal acetylenes is 1. The third-order valence-electron chi connectivity index (χ3n) is 2.99. The summed E-state index contributed by atoms with van der Waals surface area (Å²) in [6.45, 7) is 6.78. The van der Waals surface area contributed by atoms with Crippen LogP contribution in [-0.2, 0) is 0 Å². The molecule has 2 atom stereocenters. The molecule has 1 N–H and O–H groups in total. The summed E-state index contributed by atoms with van der Waals surface area (Å²) in [5.41, 5.74) is 1.56. The van der Waals surface area contributed by atoms with E-state index in [0.29, 0.717) is 0 Å². The third kappa shape index (κ3) is 5.04. The maximum Gasteiger partial charge on any atom is 0.00981 e. The summed E-state index contributed by atoms with van der Waals surface area (Å²) < 4.78 is 0. The van der Waals surface area contributed by atoms with Gasteiger partial charge in [-0.05, 0) is 51.1 Å². The number of nitrogens with one attached hydrogen (secondary N) is 1. The molecule has 0 radical (unpaired) electrons. The van der Waals surface area contributed by atoms with E-state index in [1.54, 1.807) is 5.57 Å². The van der Waals surface area contributed by atoms with E-state index in [4.69, 9.17) is 6.42 Å². The van der Waals surface area contributed by atoms with Crippen molar-refractivity contribution in [2.24, 2.45) is 11.8 Å². The summed E-state index contributed by atoms with van der Waals surface area (Å²) in [6, 6.07) is 0. The highest BCUT2D eigenvalue weighted by atomic mass is 14.9. The Morgan fingerprint density at radius 2 is 2.40 bits per heavy atom. The van der Waals surface area contributed by atoms with Crippen molar-refractivity contribution in [1.82, 2.24) is 5.32 Å². The van der Waals surface area contributed by atoms with Gasteiger partial charge in [-0.25, -0.2) is 0 Å². The normalized spacial score (nSPS) is 25.8. The topological polar surface area (TPSA) is 12.0 Å². The zero-order chi connectivity index (χ0) is 11.1. The van der Waals surface area contributed by atoms with Crippen LogP contribution in [0.2, 0.25) is 0 Å². The van der Waals surface area contributed by atoms with Crippen molar-refractivity contribution in [2.75, 3.05) is 13.1 Å². The van der Waals surface area contributed by atoms with Crippen LogP contribution in [0.5, 0.6) is 0 Å². The molecule has 0 saturated carbocycles. The Balaban J connectivity index is 2.12. The summed E-state index contributed by atoms with van der Waals surface area (Å²) in [6.07, 6.45) is 12.2. The number of unbranched alkanes of at least 4 members (excludes halogenated alkanes) is 1. The lowest BCUT2D eigenvalue weighted by Gasteiger charge is -2.25. The predicted octanol–water partition coefficient (Wildman–Crippen LogP) is 2.98. The molecule has 15 heavy (non-hydrogen) atoms. The van der Waals surface area contributed by atoms with Crippen LogP contribution in [0.15, 0.2) is 11.6 Å². The molecule has 0 bridgehead atoms. The van der Waals surface area contributed by atoms with Gasteiger partial charge in [-0.2, -0.15) is 0 Å². The highest BCUT2D eigenvalue weighted by Gasteiger charge is 2.17. The summed E-state index contributed by atoms with van der Waals surface area (Å²) in [5, 5.41) is 3.51. The third-order valence-corrected chi connectivity index (χ3v) is 2.99. The Hall–Kier alpha value is -0.740. The lowest BCUT2D eigenvalue weighted by atomic mass is 9.84. The zero-order valence-corrected chi connectivity index (χ0v) is 10.1. The maximum absolute atomic E-state index is 5.20. The van der Waals surface area contributed by atoms with Crippen LogP contribution in [-0.4, -0.2) is 13.1 Å². The first kappa shape index (κ1) is 12.3. The van der Waals surface area contributed by atoms with Crippen LogP contribution < -0.4 is 5.32 Å². The van der Waals surface area contributed by atoms with E-state index >= 15 is 0 Å². The summed E-state index contributed by atoms with van der Waals surface area (Å²) in [5.74, 6) is 4.26. The van der Waals surface area contributed by atoms with Crippen molar-refractivity contribution < 1.29 is 0 Å². The Morgan fingerprint density at radius 1 is 1.60 bits per heavy atom. The molecule has 0 aromatic heterocycles. The van der Waals surface area contributed by atoms with Crippen LogP contribution in [0.1, 0.15) is 39.5 Å². The second-order valence-electron chi connectivity index (χ2n) is 4.81. The van der Waals surface area contributed by atoms with Crippen LogP contribution in [0, 0.1) is 24.2 Å². The first-order valence-electron chi connectivity index (χ1n) is 6.04. The number of allylic oxidation sites excluding steroid dienone is 2. The van der Waals surface area contributed by atoms with Gasteiger partial charge in [0.25, 0.3) is 0 Å². The second-order valence-corrected chi connectivity index (χ2v) is 4.81. The molecule has 0 amide bonds. The van der Waals surface area contributed by atoms with Crippen molar-refractivity contribution in [3.05, 3.63) is 11.6 Å². The predicted molar refractivity (Wildman–Crippen MR) is 66.6 cm³/mol. The maximum atomic E-state index is 5.20. The molecule has 1 nitrogen and oxygen atoms in total. The Kier molecular flexibility index (Phi) is 5.50. The van der Waals surface area contributed by atoms with E-state index in [1.165, 1.54) is 12.8 Å². The zero-order valence-electron chi connectivity index (χ0n) is 10.1. The minimum absolute atomic E-state index is 0.760. The second kappa shape index (κ2) is 6.69. The van der Waals surface area contributed by atoms with Crippen LogP contribution in [0.3, 0.4) is 0 Å². The van der Waals surface area contributed by atoms with Gasteiger partial charge in [0.1, 0.15) is 0 Å². The molecule has 1 aliphatic rings. The quantitative estimate of drug-likeness (QED) is 0.413. The fourth-order valence-electron chi connectivity index (χ4n) is 2.46. The van der Waals surface area contributed by atoms with Crippen molar-refractivity contribution in [3.8, 4) is 12.3 Å². The Bertz CT molecular complexity index is 247. The Labute approximate surface area is 94.3 Å². The molecule has 0 spiro atoms. The van der Waals surface area contributed by atoms with Gasteiger partial charge in [0.2, 0.25) is 0 Å². The highest BCUT2D eigenvalue weighted by Crippen LogP contribution is 2.27. The molecule has 2 unspecified atom stereocenters. The molecule has 0 saturated heterocycles. The van der Waals surface area contributed by atoms with Crippen molar-refractivity contribution in [1.29, 1.82) is 0 Å². The molecule has 0 heterocycles. The van der Waals surface area contributed by atoms with Gasteiger partial charge in [0.05, 0.1) is 0 Å². The van der Waals surface area contributed by atoms with E-state index in [2.05, 4.69) is 31.2 Å². The van der Waals surface area contributed by atoms with Gasteiger partial charge in [0.15, 0.2) is 0 Å². The standard InChI is InChI=1S/C14H23N/c1-4-5-6-7-15-11-14-9-12(2)8-13(3)10-14/h1,8,12,14-15H,5-7,9-11H2,2-3H3. The molecule has 0 fully saturated rings. The monoisotopic (exact) mass is 205 g/mol. The van der Waals surface area contributed by atoms with E-state index in [-0.39, 0.29) is 0 Å². The van der Waals surface area contributed by atoms with Gasteiger partial charge in [0, 0.05) is 6.42 Å². The van der Waals surface area contributed by atoms with E-state index in [1.807, 2.05) is 0 Å². The van der Waals surface area contributed by atoms with Crippen LogP contribution in [0.4, 0.5) is 0 Å². The lowest BCUT2D eigenvalue weighted by molar-refractivity contribution is 0.381. The molecule has 84 valence electrons. The number of hydrogen-bond donors (Lipinski definition) is 1. The van der Waals surface area contributed by atoms with Crippen molar-refractivity contribution in [2.45, 2.75) is 39.5 Å². The fourth-order valence-corrected chi connectivity index (χ4v) is 2.46. The number of rotatable bonds is 5. The molecule has 0 aromatic carbocycles. The summed E-state index contributed by atoms with van der Waals surface area (Å²) in [7, 11) is 0. The van der Waals surface area contributed by atoms with Crippen molar-refractivity contribution >= 4 is 0 Å². The molecule has 1 aliphatic carbocycles. The van der Waals surface area contributed by atoms with Gasteiger partial charge >= 0.3 is 0 Å². The minimum Gasteiger partial charge on any atom is -0.316 e. The molecular formula is C14H23N. The average Bonchev–Trinajstić information content (AvgIpc) is 2.16. The summed E-state index contributed by atoms with van der Waals surface area (Å²) in [4.78, 5) is 0. The van der Waals surface area contributed by atoms with Gasteiger partial charge in [-0.3, -0.25) is 0 Å². The molecule has 1 rings (SSSR count).